The number of hydrogen-bond acceptors (Lipinski definition) is 6. The summed E-state index contributed by atoms with van der Waals surface area (Å²) in [5.74, 6) is -0.351. The lowest BCUT2D eigenvalue weighted by Crippen LogP contribution is -2.17. The molecule has 1 amide bonds. The van der Waals surface area contributed by atoms with Crippen LogP contribution in [0, 0.1) is 0 Å². The maximum atomic E-state index is 11.1. The van der Waals surface area contributed by atoms with E-state index in [1.54, 1.807) is 5.48 Å². The molecule has 3 N–H and O–H groups in total. The molecule has 0 saturated heterocycles. The molecule has 0 radical (unpaired) electrons. The molecular formula is C27H26N6O2. The molecule has 0 spiro atoms. The first-order valence-corrected chi connectivity index (χ1v) is 11.7. The summed E-state index contributed by atoms with van der Waals surface area (Å²) >= 11 is 0. The van der Waals surface area contributed by atoms with Crippen LogP contribution in [-0.4, -0.2) is 31.1 Å². The number of benzene rings is 3. The highest BCUT2D eigenvalue weighted by Gasteiger charge is 2.10. The van der Waals surface area contributed by atoms with E-state index < -0.39 is 0 Å². The van der Waals surface area contributed by atoms with Crippen molar-refractivity contribution in [3.05, 3.63) is 79.0 Å². The fraction of sp³-hybridized carbons (Fsp3) is 0.185. The van der Waals surface area contributed by atoms with E-state index in [1.165, 1.54) is 0 Å². The smallest absolute Gasteiger partial charge is 0.243 e. The van der Waals surface area contributed by atoms with Gasteiger partial charge in [0, 0.05) is 35.0 Å². The Bertz CT molecular complexity index is 1410. The van der Waals surface area contributed by atoms with Gasteiger partial charge in [0.25, 0.3) is 0 Å². The number of unbranched alkanes of at least 4 members (excludes halogenated alkanes) is 2. The molecule has 8 nitrogen and oxygen atoms in total. The van der Waals surface area contributed by atoms with E-state index >= 15 is 0 Å². The quantitative estimate of drug-likeness (QED) is 0.115. The van der Waals surface area contributed by atoms with Gasteiger partial charge in [-0.2, -0.15) is 0 Å². The molecule has 5 rings (SSSR count). The Balaban J connectivity index is 1.28. The first-order valence-electron chi connectivity index (χ1n) is 11.7. The van der Waals surface area contributed by atoms with Gasteiger partial charge in [0.15, 0.2) is 0 Å². The highest BCUT2D eigenvalue weighted by Crippen LogP contribution is 2.33. The number of anilines is 2. The minimum absolute atomic E-state index is 0.324. The summed E-state index contributed by atoms with van der Waals surface area (Å²) < 4.78 is 1.82. The van der Waals surface area contributed by atoms with Crippen LogP contribution in [0.4, 0.5) is 11.4 Å². The standard InChI is InChI=1S/C27H26N6O2/c34-26(31-35)12-2-1-7-17-33-18-25(30-32-33)19-13-15-20(16-14-19)28-27-21-8-3-5-10-23(21)29-24-11-6-4-9-22(24)27/h3-6,8-11,13-16,18,35H,1-2,7,12,17H2,(H,28,29)(H,31,34). The molecule has 0 saturated carbocycles. The number of fused-ring (bicyclic) bond motifs is 2. The van der Waals surface area contributed by atoms with Crippen molar-refractivity contribution in [3.63, 3.8) is 0 Å². The minimum Gasteiger partial charge on any atom is -0.354 e. The molecule has 0 unspecified atom stereocenters. The molecule has 0 aliphatic heterocycles. The van der Waals surface area contributed by atoms with Crippen molar-refractivity contribution in [2.75, 3.05) is 5.32 Å². The average molecular weight is 467 g/mol. The molecular weight excluding hydrogens is 440 g/mol. The molecule has 35 heavy (non-hydrogen) atoms. The Hall–Kier alpha value is -4.30. The molecule has 0 atom stereocenters. The fourth-order valence-electron chi connectivity index (χ4n) is 4.18. The predicted octanol–water partition coefficient (Wildman–Crippen LogP) is 5.46. The summed E-state index contributed by atoms with van der Waals surface area (Å²) in [5, 5.41) is 22.8. The van der Waals surface area contributed by atoms with Crippen LogP contribution in [0.3, 0.4) is 0 Å². The van der Waals surface area contributed by atoms with E-state index in [2.05, 4.69) is 27.8 Å². The van der Waals surface area contributed by atoms with Gasteiger partial charge < -0.3 is 5.32 Å². The number of aryl methyl sites for hydroxylation is 1. The third kappa shape index (κ3) is 5.12. The number of pyridine rings is 1. The number of nitrogens with zero attached hydrogens (tertiary/aromatic N) is 4. The molecule has 3 aromatic carbocycles. The predicted molar refractivity (Wildman–Crippen MR) is 136 cm³/mol. The fourth-order valence-corrected chi connectivity index (χ4v) is 4.18. The van der Waals surface area contributed by atoms with Crippen LogP contribution >= 0.6 is 0 Å². The van der Waals surface area contributed by atoms with E-state index in [1.807, 2.05) is 71.5 Å². The number of para-hydroxylation sites is 2. The zero-order valence-electron chi connectivity index (χ0n) is 19.2. The summed E-state index contributed by atoms with van der Waals surface area (Å²) in [6.07, 6.45) is 4.75. The number of amides is 1. The van der Waals surface area contributed by atoms with Gasteiger partial charge in [0.2, 0.25) is 5.91 Å². The van der Waals surface area contributed by atoms with E-state index in [-0.39, 0.29) is 5.91 Å². The van der Waals surface area contributed by atoms with Crippen molar-refractivity contribution in [3.8, 4) is 11.3 Å². The largest absolute Gasteiger partial charge is 0.354 e. The van der Waals surface area contributed by atoms with Crippen LogP contribution in [0.5, 0.6) is 0 Å². The molecule has 0 aliphatic rings. The second-order valence-electron chi connectivity index (χ2n) is 8.44. The van der Waals surface area contributed by atoms with E-state index in [0.29, 0.717) is 6.42 Å². The van der Waals surface area contributed by atoms with Gasteiger partial charge in [-0.3, -0.25) is 14.7 Å². The third-order valence-electron chi connectivity index (χ3n) is 5.99. The van der Waals surface area contributed by atoms with Gasteiger partial charge in [-0.25, -0.2) is 10.5 Å². The maximum absolute atomic E-state index is 11.1. The van der Waals surface area contributed by atoms with Crippen LogP contribution in [0.15, 0.2) is 79.0 Å². The van der Waals surface area contributed by atoms with Gasteiger partial charge in [-0.05, 0) is 37.1 Å². The number of nitrogens with one attached hydrogen (secondary N) is 2. The van der Waals surface area contributed by atoms with Crippen molar-refractivity contribution in [2.45, 2.75) is 32.2 Å². The highest BCUT2D eigenvalue weighted by atomic mass is 16.5. The highest BCUT2D eigenvalue weighted by molar-refractivity contribution is 6.08. The summed E-state index contributed by atoms with van der Waals surface area (Å²) in [6, 6.07) is 24.5. The molecule has 2 heterocycles. The van der Waals surface area contributed by atoms with Crippen LogP contribution in [0.1, 0.15) is 25.7 Å². The molecule has 0 bridgehead atoms. The van der Waals surface area contributed by atoms with Crippen LogP contribution in [0.2, 0.25) is 0 Å². The SMILES string of the molecule is O=C(CCCCCn1cc(-c2ccc(Nc3c4ccccc4nc4ccccc34)cc2)nn1)NO. The summed E-state index contributed by atoms with van der Waals surface area (Å²) in [5.41, 5.74) is 7.40. The van der Waals surface area contributed by atoms with Gasteiger partial charge in [0.05, 0.1) is 22.9 Å². The lowest BCUT2D eigenvalue weighted by Gasteiger charge is -2.13. The Morgan fingerprint density at radius 3 is 2.23 bits per heavy atom. The van der Waals surface area contributed by atoms with Crippen LogP contribution < -0.4 is 10.8 Å². The molecule has 5 aromatic rings. The van der Waals surface area contributed by atoms with Gasteiger partial charge in [-0.15, -0.1) is 5.10 Å². The second kappa shape index (κ2) is 10.3. The molecule has 176 valence electrons. The lowest BCUT2D eigenvalue weighted by atomic mass is 10.1. The summed E-state index contributed by atoms with van der Waals surface area (Å²) in [6.45, 7) is 0.732. The van der Waals surface area contributed by atoms with E-state index in [9.17, 15) is 4.79 Å². The first kappa shape index (κ1) is 22.5. The average Bonchev–Trinajstić information content (AvgIpc) is 3.37. The van der Waals surface area contributed by atoms with Crippen molar-refractivity contribution >= 4 is 39.1 Å². The molecule has 8 heteroatoms. The summed E-state index contributed by atoms with van der Waals surface area (Å²) in [4.78, 5) is 15.8. The second-order valence-corrected chi connectivity index (χ2v) is 8.44. The zero-order valence-corrected chi connectivity index (χ0v) is 19.2. The number of rotatable bonds is 9. The van der Waals surface area contributed by atoms with Crippen LogP contribution in [0.25, 0.3) is 33.1 Å². The zero-order chi connectivity index (χ0) is 24.0. The van der Waals surface area contributed by atoms with Crippen LogP contribution in [-0.2, 0) is 11.3 Å². The Morgan fingerprint density at radius 2 is 1.54 bits per heavy atom. The van der Waals surface area contributed by atoms with Gasteiger partial charge in [0.1, 0.15) is 5.69 Å². The van der Waals surface area contributed by atoms with Gasteiger partial charge in [-0.1, -0.05) is 60.2 Å². The van der Waals surface area contributed by atoms with Crippen molar-refractivity contribution in [2.24, 2.45) is 0 Å². The van der Waals surface area contributed by atoms with Crippen molar-refractivity contribution < 1.29 is 10.0 Å². The molecule has 0 aliphatic carbocycles. The minimum atomic E-state index is -0.351. The van der Waals surface area contributed by atoms with Gasteiger partial charge >= 0.3 is 0 Å². The van der Waals surface area contributed by atoms with E-state index in [4.69, 9.17) is 10.2 Å². The first-order chi connectivity index (χ1) is 17.2. The number of carbonyl (C=O) groups excluding carboxylic acids is 1. The van der Waals surface area contributed by atoms with E-state index in [0.717, 1.165) is 70.2 Å². The number of aromatic nitrogens is 4. The van der Waals surface area contributed by atoms with Crippen molar-refractivity contribution in [1.82, 2.24) is 25.5 Å². The Morgan fingerprint density at radius 1 is 0.857 bits per heavy atom. The number of hydroxylamine groups is 1. The third-order valence-corrected chi connectivity index (χ3v) is 5.99. The topological polar surface area (TPSA) is 105 Å². The lowest BCUT2D eigenvalue weighted by molar-refractivity contribution is -0.129. The molecule has 0 fully saturated rings. The maximum Gasteiger partial charge on any atom is 0.243 e. The number of carbonyl (C=O) groups is 1. The van der Waals surface area contributed by atoms with Crippen molar-refractivity contribution in [1.29, 1.82) is 0 Å². The molecule has 2 aromatic heterocycles. The number of hydrogen-bond donors (Lipinski definition) is 3. The summed E-state index contributed by atoms with van der Waals surface area (Å²) in [7, 11) is 0. The Labute approximate surface area is 202 Å². The Kier molecular flexibility index (Phi) is 6.63. The normalized spacial score (nSPS) is 11.1. The monoisotopic (exact) mass is 466 g/mol.